The van der Waals surface area contributed by atoms with Crippen molar-refractivity contribution in [1.29, 1.82) is 0 Å². The zero-order chi connectivity index (χ0) is 24.8. The van der Waals surface area contributed by atoms with Gasteiger partial charge in [-0.25, -0.2) is 0 Å². The summed E-state index contributed by atoms with van der Waals surface area (Å²) in [6.45, 7) is 1.01. The third-order valence-electron chi connectivity index (χ3n) is 6.72. The fourth-order valence-electron chi connectivity index (χ4n) is 4.94. The van der Waals surface area contributed by atoms with Gasteiger partial charge >= 0.3 is 12.1 Å². The average molecular weight is 489 g/mol. The Balaban J connectivity index is 1.34. The number of hydrogen-bond donors (Lipinski definition) is 3. The molecule has 1 saturated carbocycles. The van der Waals surface area contributed by atoms with Crippen molar-refractivity contribution in [1.82, 2.24) is 10.8 Å². The summed E-state index contributed by atoms with van der Waals surface area (Å²) < 4.78 is 41.4. The summed E-state index contributed by atoms with van der Waals surface area (Å²) in [5.41, 5.74) is 7.21. The molecule has 0 amide bonds. The molecule has 0 heterocycles. The van der Waals surface area contributed by atoms with Gasteiger partial charge in [0.15, 0.2) is 0 Å². The van der Waals surface area contributed by atoms with E-state index in [1.807, 2.05) is 18.2 Å². The van der Waals surface area contributed by atoms with Gasteiger partial charge in [-0.15, -0.1) is 0 Å². The van der Waals surface area contributed by atoms with Gasteiger partial charge in [0, 0.05) is 18.7 Å². The summed E-state index contributed by atoms with van der Waals surface area (Å²) in [7, 11) is 0. The number of rotatable bonds is 10. The van der Waals surface area contributed by atoms with E-state index < -0.39 is 17.7 Å². The number of hydrogen-bond acceptors (Lipinski definition) is 4. The standard InChI is InChI=1S/C27H31F3N2O3/c28-27(29,30)24-15-19(7-9-22(24)20-4-2-1-3-5-20)17-35-32-25-11-8-21-14-18(6-10-23(21)25)16-31-13-12-26(33)34/h6-7,9-11,14-15,20,31-32H,1-5,8,12-13,16-17H2,(H,33,34). The molecule has 0 bridgehead atoms. The average Bonchev–Trinajstić information content (AvgIpc) is 3.24. The summed E-state index contributed by atoms with van der Waals surface area (Å²) in [6, 6.07) is 10.6. The summed E-state index contributed by atoms with van der Waals surface area (Å²) >= 11 is 0. The lowest BCUT2D eigenvalue weighted by atomic mass is 9.81. The zero-order valence-electron chi connectivity index (χ0n) is 19.6. The number of nitrogens with one attached hydrogen (secondary N) is 2. The fraction of sp³-hybridized carbons (Fsp3) is 0.444. The highest BCUT2D eigenvalue weighted by molar-refractivity contribution is 5.71. The smallest absolute Gasteiger partial charge is 0.416 e. The van der Waals surface area contributed by atoms with Crippen LogP contribution < -0.4 is 10.8 Å². The summed E-state index contributed by atoms with van der Waals surface area (Å²) in [6.07, 6.45) is 3.08. The first-order chi connectivity index (χ1) is 16.8. The van der Waals surface area contributed by atoms with Crippen LogP contribution in [0.1, 0.15) is 77.8 Å². The number of carboxylic acid groups (broad SMARTS) is 1. The van der Waals surface area contributed by atoms with Crippen LogP contribution in [0.5, 0.6) is 0 Å². The molecule has 0 atom stereocenters. The third-order valence-corrected chi connectivity index (χ3v) is 6.72. The Morgan fingerprint density at radius 1 is 1.06 bits per heavy atom. The first-order valence-electron chi connectivity index (χ1n) is 12.1. The maximum absolute atomic E-state index is 13.8. The Kier molecular flexibility index (Phi) is 8.13. The number of allylic oxidation sites excluding steroid dienone is 1. The number of halogens is 3. The molecule has 3 N–H and O–H groups in total. The molecule has 0 spiro atoms. The minimum absolute atomic E-state index is 0.0201. The number of carbonyl (C=O) groups is 1. The van der Waals surface area contributed by atoms with Gasteiger partial charge in [0.2, 0.25) is 0 Å². The molecule has 0 radical (unpaired) electrons. The predicted molar refractivity (Wildman–Crippen MR) is 127 cm³/mol. The number of benzene rings is 2. The number of alkyl halides is 3. The zero-order valence-corrected chi connectivity index (χ0v) is 19.6. The molecule has 5 nitrogen and oxygen atoms in total. The summed E-state index contributed by atoms with van der Waals surface area (Å²) in [5, 5.41) is 11.8. The van der Waals surface area contributed by atoms with E-state index in [0.717, 1.165) is 60.9 Å². The van der Waals surface area contributed by atoms with E-state index in [9.17, 15) is 18.0 Å². The van der Waals surface area contributed by atoms with Crippen molar-refractivity contribution in [2.24, 2.45) is 0 Å². The van der Waals surface area contributed by atoms with E-state index in [0.29, 0.717) is 24.2 Å². The van der Waals surface area contributed by atoms with Crippen molar-refractivity contribution in [2.45, 2.75) is 70.2 Å². The van der Waals surface area contributed by atoms with Crippen LogP contribution in [0.3, 0.4) is 0 Å². The molecule has 35 heavy (non-hydrogen) atoms. The Morgan fingerprint density at radius 3 is 2.57 bits per heavy atom. The van der Waals surface area contributed by atoms with Crippen LogP contribution in [-0.4, -0.2) is 17.6 Å². The third kappa shape index (κ3) is 6.64. The number of aliphatic carboxylic acids is 1. The predicted octanol–water partition coefficient (Wildman–Crippen LogP) is 5.94. The van der Waals surface area contributed by atoms with Crippen molar-refractivity contribution >= 4 is 11.7 Å². The molecular formula is C27H31F3N2O3. The van der Waals surface area contributed by atoms with Gasteiger partial charge in [-0.05, 0) is 53.5 Å². The minimum atomic E-state index is -4.39. The lowest BCUT2D eigenvalue weighted by molar-refractivity contribution is -0.139. The second-order valence-corrected chi connectivity index (χ2v) is 9.28. The van der Waals surface area contributed by atoms with E-state index >= 15 is 0 Å². The molecule has 0 aliphatic heterocycles. The highest BCUT2D eigenvalue weighted by Gasteiger charge is 2.35. The lowest BCUT2D eigenvalue weighted by Crippen LogP contribution is -2.18. The molecule has 2 aliphatic rings. The van der Waals surface area contributed by atoms with Crippen LogP contribution in [0.4, 0.5) is 13.2 Å². The quantitative estimate of drug-likeness (QED) is 0.285. The first-order valence-corrected chi connectivity index (χ1v) is 12.1. The number of hydroxylamine groups is 1. The Bertz CT molecular complexity index is 1080. The lowest BCUT2D eigenvalue weighted by Gasteiger charge is -2.25. The van der Waals surface area contributed by atoms with Gasteiger partial charge in [-0.2, -0.15) is 13.2 Å². The van der Waals surface area contributed by atoms with Crippen LogP contribution in [-0.2, 0) is 35.4 Å². The molecule has 0 unspecified atom stereocenters. The topological polar surface area (TPSA) is 70.6 Å². The molecule has 8 heteroatoms. The first kappa shape index (κ1) is 25.3. The fourth-order valence-corrected chi connectivity index (χ4v) is 4.94. The molecular weight excluding hydrogens is 457 g/mol. The molecule has 4 rings (SSSR count). The van der Waals surface area contributed by atoms with Crippen LogP contribution in [0.25, 0.3) is 5.70 Å². The normalized spacial score (nSPS) is 16.1. The Morgan fingerprint density at radius 2 is 1.83 bits per heavy atom. The van der Waals surface area contributed by atoms with Gasteiger partial charge < -0.3 is 10.4 Å². The van der Waals surface area contributed by atoms with Crippen LogP contribution in [0.2, 0.25) is 0 Å². The molecule has 2 aromatic rings. The summed E-state index contributed by atoms with van der Waals surface area (Å²) in [5.74, 6) is -0.855. The van der Waals surface area contributed by atoms with Gasteiger partial charge in [0.05, 0.1) is 24.3 Å². The Labute approximate surface area is 203 Å². The highest BCUT2D eigenvalue weighted by atomic mass is 19.4. The van der Waals surface area contributed by atoms with Crippen LogP contribution in [0.15, 0.2) is 42.5 Å². The monoisotopic (exact) mass is 488 g/mol. The van der Waals surface area contributed by atoms with Crippen LogP contribution >= 0.6 is 0 Å². The van der Waals surface area contributed by atoms with Crippen molar-refractivity contribution in [3.63, 3.8) is 0 Å². The maximum Gasteiger partial charge on any atom is 0.416 e. The van der Waals surface area contributed by atoms with Gasteiger partial charge in [0.1, 0.15) is 0 Å². The molecule has 188 valence electrons. The van der Waals surface area contributed by atoms with E-state index in [1.54, 1.807) is 12.1 Å². The van der Waals surface area contributed by atoms with Gasteiger partial charge in [-0.3, -0.25) is 15.1 Å². The van der Waals surface area contributed by atoms with Crippen molar-refractivity contribution < 1.29 is 27.9 Å². The second-order valence-electron chi connectivity index (χ2n) is 9.28. The van der Waals surface area contributed by atoms with Crippen molar-refractivity contribution in [3.05, 3.63) is 75.9 Å². The van der Waals surface area contributed by atoms with E-state index in [4.69, 9.17) is 9.94 Å². The maximum atomic E-state index is 13.8. The largest absolute Gasteiger partial charge is 0.481 e. The minimum Gasteiger partial charge on any atom is -0.481 e. The SMILES string of the molecule is O=C(O)CCNCc1ccc2c(c1)CC=C2NOCc1ccc(C2CCCCC2)c(C(F)(F)F)c1. The number of carboxylic acids is 1. The van der Waals surface area contributed by atoms with E-state index in [1.165, 1.54) is 6.07 Å². The van der Waals surface area contributed by atoms with Crippen molar-refractivity contribution in [3.8, 4) is 0 Å². The molecule has 0 aromatic heterocycles. The van der Waals surface area contributed by atoms with E-state index in [2.05, 4.69) is 16.9 Å². The van der Waals surface area contributed by atoms with E-state index in [-0.39, 0.29) is 18.9 Å². The van der Waals surface area contributed by atoms with Gasteiger partial charge in [0.25, 0.3) is 0 Å². The molecule has 2 aromatic carbocycles. The molecule has 1 fully saturated rings. The summed E-state index contributed by atoms with van der Waals surface area (Å²) in [4.78, 5) is 16.2. The van der Waals surface area contributed by atoms with Crippen LogP contribution in [0, 0.1) is 0 Å². The van der Waals surface area contributed by atoms with Crippen molar-refractivity contribution in [2.75, 3.05) is 6.54 Å². The molecule has 0 saturated heterocycles. The number of fused-ring (bicyclic) bond motifs is 1. The van der Waals surface area contributed by atoms with Gasteiger partial charge in [-0.1, -0.05) is 55.7 Å². The Hall–Kier alpha value is -2.84. The highest BCUT2D eigenvalue weighted by Crippen LogP contribution is 2.41. The second kappa shape index (κ2) is 11.3. The molecule has 2 aliphatic carbocycles.